The van der Waals surface area contributed by atoms with E-state index in [0.29, 0.717) is 0 Å². The topological polar surface area (TPSA) is 21.3 Å². The molecule has 10 aromatic carbocycles. The van der Waals surface area contributed by atoms with Gasteiger partial charge < -0.3 is 13.9 Å². The van der Waals surface area contributed by atoms with Gasteiger partial charge in [-0.1, -0.05) is 146 Å². The first kappa shape index (κ1) is 34.7. The molecule has 62 heavy (non-hydrogen) atoms. The smallest absolute Gasteiger partial charge is 0.135 e. The number of furan rings is 1. The molecule has 0 saturated heterocycles. The van der Waals surface area contributed by atoms with E-state index >= 15 is 0 Å². The van der Waals surface area contributed by atoms with Crippen LogP contribution in [0.2, 0.25) is 0 Å². The fourth-order valence-corrected chi connectivity index (χ4v) is 10.6. The summed E-state index contributed by atoms with van der Waals surface area (Å²) >= 11 is 0. The molecule has 0 amide bonds. The third-order valence-electron chi connectivity index (χ3n) is 13.2. The highest BCUT2D eigenvalue weighted by molar-refractivity contribution is 6.11. The van der Waals surface area contributed by atoms with Crippen molar-refractivity contribution in [1.29, 1.82) is 0 Å². The summed E-state index contributed by atoms with van der Waals surface area (Å²) in [6, 6.07) is 84.3. The van der Waals surface area contributed by atoms with Gasteiger partial charge in [-0.05, 0) is 129 Å². The van der Waals surface area contributed by atoms with E-state index in [1.165, 1.54) is 66.0 Å². The lowest BCUT2D eigenvalue weighted by Gasteiger charge is -2.35. The van der Waals surface area contributed by atoms with E-state index in [4.69, 9.17) is 4.42 Å². The van der Waals surface area contributed by atoms with Gasteiger partial charge in [0.15, 0.2) is 0 Å². The predicted molar refractivity (Wildman–Crippen MR) is 258 cm³/mol. The second-order valence-corrected chi connectivity index (χ2v) is 16.5. The van der Waals surface area contributed by atoms with E-state index in [2.05, 4.69) is 234 Å². The minimum atomic E-state index is -0.573. The van der Waals surface area contributed by atoms with Gasteiger partial charge in [-0.15, -0.1) is 0 Å². The molecule has 0 aliphatic heterocycles. The number of nitrogens with zero attached hydrogens (tertiary/aromatic N) is 2. The summed E-state index contributed by atoms with van der Waals surface area (Å²) in [5.74, 6) is 0. The molecule has 3 nitrogen and oxygen atoms in total. The molecule has 0 spiro atoms. The summed E-state index contributed by atoms with van der Waals surface area (Å²) in [5, 5.41) is 7.09. The Bertz CT molecular complexity index is 3660. The molecule has 0 bridgehead atoms. The van der Waals surface area contributed by atoms with Crippen LogP contribution < -0.4 is 4.90 Å². The fraction of sp³-hybridized carbons (Fsp3) is 0.0169. The highest BCUT2D eigenvalue weighted by Gasteiger charge is 2.46. The maximum absolute atomic E-state index is 6.38. The van der Waals surface area contributed by atoms with Gasteiger partial charge in [0, 0.05) is 44.3 Å². The van der Waals surface area contributed by atoms with Crippen molar-refractivity contribution >= 4 is 71.6 Å². The Hall–Kier alpha value is -8.14. The number of aromatic nitrogens is 1. The maximum atomic E-state index is 6.38. The highest BCUT2D eigenvalue weighted by atomic mass is 16.3. The van der Waals surface area contributed by atoms with Gasteiger partial charge in [0.25, 0.3) is 0 Å². The number of para-hydroxylation sites is 3. The lowest BCUT2D eigenvalue weighted by Crippen LogP contribution is -2.28. The van der Waals surface area contributed by atoms with Gasteiger partial charge >= 0.3 is 0 Å². The van der Waals surface area contributed by atoms with E-state index in [0.717, 1.165) is 44.7 Å². The molecule has 0 atom stereocenters. The van der Waals surface area contributed by atoms with E-state index in [9.17, 15) is 0 Å². The predicted octanol–water partition coefficient (Wildman–Crippen LogP) is 15.7. The Balaban J connectivity index is 1.11. The molecule has 12 aromatic rings. The third kappa shape index (κ3) is 5.00. The standard InChI is InChI=1S/C59H38N2O/c1-4-18-41(19-5-1)59(42-20-6-2-7-21-42)53-35-40-17-11-10-16-39(40)34-50(53)47-31-28-46(38-54(47)59)60(45-30-33-58-52(37-45)49-25-13-15-27-57(49)62-58)44-29-32-56-51(36-44)48-24-12-14-26-55(48)61(56)43-22-8-3-9-23-43/h1-38H. The molecule has 0 unspecified atom stereocenters. The average Bonchev–Trinajstić information content (AvgIpc) is 3.97. The van der Waals surface area contributed by atoms with Crippen molar-refractivity contribution in [3.63, 3.8) is 0 Å². The zero-order valence-corrected chi connectivity index (χ0v) is 33.7. The van der Waals surface area contributed by atoms with Crippen LogP contribution in [-0.4, -0.2) is 4.57 Å². The lowest BCUT2D eigenvalue weighted by molar-refractivity contribution is 0.669. The van der Waals surface area contributed by atoms with E-state index < -0.39 is 5.41 Å². The quantitative estimate of drug-likeness (QED) is 0.167. The van der Waals surface area contributed by atoms with Crippen LogP contribution in [-0.2, 0) is 5.41 Å². The monoisotopic (exact) mass is 790 g/mol. The number of anilines is 3. The molecule has 290 valence electrons. The normalized spacial score (nSPS) is 13.0. The Morgan fingerprint density at radius 2 is 0.887 bits per heavy atom. The van der Waals surface area contributed by atoms with Crippen LogP contribution in [0.25, 0.3) is 71.3 Å². The number of benzene rings is 10. The summed E-state index contributed by atoms with van der Waals surface area (Å²) in [6.07, 6.45) is 0. The van der Waals surface area contributed by atoms with Crippen molar-refractivity contribution in [2.45, 2.75) is 5.41 Å². The highest BCUT2D eigenvalue weighted by Crippen LogP contribution is 2.58. The lowest BCUT2D eigenvalue weighted by atomic mass is 9.67. The van der Waals surface area contributed by atoms with Gasteiger partial charge in [0.1, 0.15) is 11.2 Å². The SMILES string of the molecule is c1ccc(-n2c3ccccc3c3cc(N(c4ccc5c(c4)C(c4ccccc4)(c4ccccc4)c4cc6ccccc6cc4-5)c4ccc5oc6ccccc6c5c4)ccc32)cc1. The average molecular weight is 791 g/mol. The first-order valence-corrected chi connectivity index (χ1v) is 21.3. The Kier molecular flexibility index (Phi) is 7.52. The zero-order chi connectivity index (χ0) is 40.8. The number of hydrogen-bond acceptors (Lipinski definition) is 2. The molecule has 1 aliphatic carbocycles. The molecule has 2 aromatic heterocycles. The van der Waals surface area contributed by atoms with Crippen LogP contribution >= 0.6 is 0 Å². The Labute approximate surface area is 359 Å². The summed E-state index contributed by atoms with van der Waals surface area (Å²) in [7, 11) is 0. The van der Waals surface area contributed by atoms with Gasteiger partial charge in [0.2, 0.25) is 0 Å². The molecule has 3 heteroatoms. The second kappa shape index (κ2) is 13.4. The summed E-state index contributed by atoms with van der Waals surface area (Å²) in [4.78, 5) is 2.44. The number of fused-ring (bicyclic) bond motifs is 10. The second-order valence-electron chi connectivity index (χ2n) is 16.5. The van der Waals surface area contributed by atoms with Crippen molar-refractivity contribution in [3.05, 3.63) is 253 Å². The van der Waals surface area contributed by atoms with Crippen molar-refractivity contribution < 1.29 is 4.42 Å². The van der Waals surface area contributed by atoms with Crippen molar-refractivity contribution in [2.75, 3.05) is 4.90 Å². The van der Waals surface area contributed by atoms with E-state index in [1.54, 1.807) is 0 Å². The van der Waals surface area contributed by atoms with Crippen LogP contribution in [0.15, 0.2) is 235 Å². The maximum Gasteiger partial charge on any atom is 0.135 e. The van der Waals surface area contributed by atoms with Crippen LogP contribution in [0.4, 0.5) is 17.1 Å². The van der Waals surface area contributed by atoms with Crippen LogP contribution in [0.5, 0.6) is 0 Å². The van der Waals surface area contributed by atoms with Gasteiger partial charge in [-0.2, -0.15) is 0 Å². The van der Waals surface area contributed by atoms with Gasteiger partial charge in [0.05, 0.1) is 16.4 Å². The van der Waals surface area contributed by atoms with Crippen molar-refractivity contribution in [3.8, 4) is 16.8 Å². The molecular formula is C59H38N2O. The van der Waals surface area contributed by atoms with Crippen LogP contribution in [0.1, 0.15) is 22.3 Å². The minimum Gasteiger partial charge on any atom is -0.456 e. The Morgan fingerprint density at radius 1 is 0.355 bits per heavy atom. The molecule has 0 radical (unpaired) electrons. The number of hydrogen-bond donors (Lipinski definition) is 0. The minimum absolute atomic E-state index is 0.573. The molecule has 2 heterocycles. The summed E-state index contributed by atoms with van der Waals surface area (Å²) < 4.78 is 8.76. The van der Waals surface area contributed by atoms with Gasteiger partial charge in [-0.25, -0.2) is 0 Å². The Morgan fingerprint density at radius 3 is 1.65 bits per heavy atom. The summed E-state index contributed by atoms with van der Waals surface area (Å²) in [6.45, 7) is 0. The van der Waals surface area contributed by atoms with Crippen LogP contribution in [0.3, 0.4) is 0 Å². The molecule has 1 aliphatic rings. The van der Waals surface area contributed by atoms with E-state index in [-0.39, 0.29) is 0 Å². The van der Waals surface area contributed by atoms with E-state index in [1.807, 2.05) is 6.07 Å². The van der Waals surface area contributed by atoms with Crippen LogP contribution in [0, 0.1) is 0 Å². The van der Waals surface area contributed by atoms with Crippen molar-refractivity contribution in [1.82, 2.24) is 4.57 Å². The molecule has 0 fully saturated rings. The largest absolute Gasteiger partial charge is 0.456 e. The zero-order valence-electron chi connectivity index (χ0n) is 33.7. The third-order valence-corrected chi connectivity index (χ3v) is 13.2. The fourth-order valence-electron chi connectivity index (χ4n) is 10.6. The molecule has 0 saturated carbocycles. The molecule has 13 rings (SSSR count). The molecular weight excluding hydrogens is 753 g/mol. The van der Waals surface area contributed by atoms with Crippen molar-refractivity contribution in [2.24, 2.45) is 0 Å². The molecule has 0 N–H and O–H groups in total. The summed E-state index contributed by atoms with van der Waals surface area (Å²) in [5.41, 5.74) is 15.5. The first-order chi connectivity index (χ1) is 30.7. The first-order valence-electron chi connectivity index (χ1n) is 21.3. The van der Waals surface area contributed by atoms with Gasteiger partial charge in [-0.3, -0.25) is 0 Å². The number of rotatable bonds is 6.